The third-order valence-corrected chi connectivity index (χ3v) is 5.48. The van der Waals surface area contributed by atoms with E-state index in [4.69, 9.17) is 17.0 Å². The summed E-state index contributed by atoms with van der Waals surface area (Å²) in [6, 6.07) is -0.0673. The maximum absolute atomic E-state index is 11.6. The summed E-state index contributed by atoms with van der Waals surface area (Å²) in [4.78, 5) is 1.96. The highest BCUT2D eigenvalue weighted by Crippen LogP contribution is 2.29. The predicted octanol–water partition coefficient (Wildman–Crippen LogP) is -0.521. The van der Waals surface area contributed by atoms with Gasteiger partial charge in [0.15, 0.2) is 14.9 Å². The predicted molar refractivity (Wildman–Crippen MR) is 62.8 cm³/mol. The minimum absolute atomic E-state index is 0.0247. The number of hydrogen-bond acceptors (Lipinski definition) is 4. The second kappa shape index (κ2) is 3.54. The van der Waals surface area contributed by atoms with Crippen molar-refractivity contribution in [2.45, 2.75) is 31.2 Å². The molecule has 3 atom stereocenters. The Balaban J connectivity index is 1.85. The minimum Gasteiger partial charge on any atom is -0.358 e. The van der Waals surface area contributed by atoms with Crippen LogP contribution in [0.5, 0.6) is 0 Å². The smallest absolute Gasteiger partial charge is 0.171 e. The van der Waals surface area contributed by atoms with E-state index < -0.39 is 9.84 Å². The number of rotatable bonds is 1. The van der Waals surface area contributed by atoms with Gasteiger partial charge in [-0.25, -0.2) is 8.42 Å². The van der Waals surface area contributed by atoms with Gasteiger partial charge in [0.2, 0.25) is 0 Å². The van der Waals surface area contributed by atoms with Gasteiger partial charge in [-0.05, 0) is 25.1 Å². The molecule has 3 rings (SSSR count). The second-order valence-corrected chi connectivity index (χ2v) is 7.12. The fraction of sp³-hybridized carbons (Fsp3) is 0.889. The molecule has 0 amide bonds. The van der Waals surface area contributed by atoms with Crippen LogP contribution in [0.3, 0.4) is 0 Å². The summed E-state index contributed by atoms with van der Waals surface area (Å²) >= 11 is 5.25. The summed E-state index contributed by atoms with van der Waals surface area (Å²) in [5.74, 6) is 0.395. The minimum atomic E-state index is -2.91. The third-order valence-electron chi connectivity index (χ3n) is 3.44. The van der Waals surface area contributed by atoms with E-state index in [0.717, 1.165) is 19.4 Å². The highest BCUT2D eigenvalue weighted by atomic mass is 32.2. The van der Waals surface area contributed by atoms with Crippen molar-refractivity contribution in [3.05, 3.63) is 0 Å². The van der Waals surface area contributed by atoms with Crippen LogP contribution in [-0.2, 0) is 14.6 Å². The topological polar surface area (TPSA) is 58.6 Å². The van der Waals surface area contributed by atoms with Crippen LogP contribution in [0.4, 0.5) is 0 Å². The number of sulfone groups is 1. The zero-order valence-corrected chi connectivity index (χ0v) is 10.4. The Hall–Kier alpha value is -0.400. The maximum Gasteiger partial charge on any atom is 0.171 e. The number of ether oxygens (including phenoxy) is 1. The van der Waals surface area contributed by atoms with Gasteiger partial charge in [0.25, 0.3) is 0 Å². The monoisotopic (exact) mass is 262 g/mol. The molecule has 0 aromatic carbocycles. The lowest BCUT2D eigenvalue weighted by Crippen LogP contribution is -2.44. The molecule has 0 aromatic rings. The van der Waals surface area contributed by atoms with E-state index in [1.54, 1.807) is 0 Å². The van der Waals surface area contributed by atoms with Crippen LogP contribution < -0.4 is 5.32 Å². The van der Waals surface area contributed by atoms with Gasteiger partial charge in [-0.15, -0.1) is 0 Å². The molecular formula is C9H14N2O3S2. The summed E-state index contributed by atoms with van der Waals surface area (Å²) in [5, 5.41) is 3.75. The number of nitrogens with zero attached hydrogens (tertiary/aromatic N) is 1. The largest absolute Gasteiger partial charge is 0.358 e. The fourth-order valence-corrected chi connectivity index (χ4v) is 5.06. The molecule has 3 heterocycles. The van der Waals surface area contributed by atoms with Gasteiger partial charge in [0.05, 0.1) is 23.6 Å². The molecule has 1 N–H and O–H groups in total. The first-order valence-corrected chi connectivity index (χ1v) is 7.71. The van der Waals surface area contributed by atoms with E-state index in [-0.39, 0.29) is 29.8 Å². The molecule has 0 spiro atoms. The number of fused-ring (bicyclic) bond motifs is 1. The molecule has 0 bridgehead atoms. The Labute approximate surface area is 100 Å². The first-order chi connectivity index (χ1) is 7.57. The van der Waals surface area contributed by atoms with Crippen LogP contribution in [-0.4, -0.2) is 54.9 Å². The zero-order valence-electron chi connectivity index (χ0n) is 8.76. The van der Waals surface area contributed by atoms with E-state index in [0.29, 0.717) is 5.11 Å². The van der Waals surface area contributed by atoms with Crippen molar-refractivity contribution in [2.75, 3.05) is 18.1 Å². The number of thiocarbonyl (C=S) groups is 1. The van der Waals surface area contributed by atoms with Crippen molar-refractivity contribution in [2.24, 2.45) is 0 Å². The van der Waals surface area contributed by atoms with E-state index in [2.05, 4.69) is 5.32 Å². The molecule has 3 saturated heterocycles. The summed E-state index contributed by atoms with van der Waals surface area (Å²) in [5.41, 5.74) is 0. The van der Waals surface area contributed by atoms with Crippen molar-refractivity contribution < 1.29 is 13.2 Å². The van der Waals surface area contributed by atoms with Gasteiger partial charge >= 0.3 is 0 Å². The van der Waals surface area contributed by atoms with E-state index >= 15 is 0 Å². The van der Waals surface area contributed by atoms with Gasteiger partial charge in [-0.2, -0.15) is 0 Å². The van der Waals surface area contributed by atoms with Crippen LogP contribution in [0.2, 0.25) is 0 Å². The molecular weight excluding hydrogens is 248 g/mol. The first-order valence-electron chi connectivity index (χ1n) is 5.48. The Morgan fingerprint density at radius 2 is 2.25 bits per heavy atom. The molecule has 5 nitrogen and oxygen atoms in total. The highest BCUT2D eigenvalue weighted by molar-refractivity contribution is 7.91. The normalized spacial score (nSPS) is 41.1. The van der Waals surface area contributed by atoms with Crippen LogP contribution in [0, 0.1) is 0 Å². The summed E-state index contributed by atoms with van der Waals surface area (Å²) in [7, 11) is -2.91. The van der Waals surface area contributed by atoms with Crippen LogP contribution in [0.15, 0.2) is 0 Å². The average Bonchev–Trinajstić information content (AvgIpc) is 2.79. The van der Waals surface area contributed by atoms with E-state index in [1.807, 2.05) is 4.90 Å². The van der Waals surface area contributed by atoms with Gasteiger partial charge in [-0.3, -0.25) is 0 Å². The maximum atomic E-state index is 11.6. The first kappa shape index (κ1) is 10.7. The van der Waals surface area contributed by atoms with Gasteiger partial charge in [0, 0.05) is 6.61 Å². The van der Waals surface area contributed by atoms with Crippen molar-refractivity contribution in [1.29, 1.82) is 0 Å². The van der Waals surface area contributed by atoms with Crippen molar-refractivity contribution in [1.82, 2.24) is 10.2 Å². The molecule has 0 saturated carbocycles. The molecule has 0 radical (unpaired) electrons. The van der Waals surface area contributed by atoms with Crippen molar-refractivity contribution >= 4 is 27.2 Å². The number of hydrogen-bond donors (Lipinski definition) is 1. The van der Waals surface area contributed by atoms with Gasteiger partial charge in [0.1, 0.15) is 6.23 Å². The molecule has 0 aromatic heterocycles. The standard InChI is InChI=1S/C9H14N2O3S2/c12-16(13)4-6-7(5-16)11(9(15)10-6)8-2-1-3-14-8/h6-8H,1-5H2,(H,10,15). The lowest BCUT2D eigenvalue weighted by molar-refractivity contribution is 0.0111. The van der Waals surface area contributed by atoms with Crippen molar-refractivity contribution in [3.63, 3.8) is 0 Å². The molecule has 0 aliphatic carbocycles. The van der Waals surface area contributed by atoms with Crippen LogP contribution in [0.25, 0.3) is 0 Å². The molecule has 16 heavy (non-hydrogen) atoms. The molecule has 3 unspecified atom stereocenters. The van der Waals surface area contributed by atoms with Gasteiger partial charge in [-0.1, -0.05) is 0 Å². The lowest BCUT2D eigenvalue weighted by Gasteiger charge is -2.28. The van der Waals surface area contributed by atoms with Gasteiger partial charge < -0.3 is 15.0 Å². The van der Waals surface area contributed by atoms with E-state index in [1.165, 1.54) is 0 Å². The zero-order chi connectivity index (χ0) is 11.3. The van der Waals surface area contributed by atoms with E-state index in [9.17, 15) is 8.42 Å². The molecule has 3 aliphatic rings. The third kappa shape index (κ3) is 1.61. The average molecular weight is 262 g/mol. The highest BCUT2D eigenvalue weighted by Gasteiger charge is 2.49. The summed E-state index contributed by atoms with van der Waals surface area (Å²) < 4.78 is 28.7. The number of nitrogens with one attached hydrogen (secondary N) is 1. The lowest BCUT2D eigenvalue weighted by atomic mass is 10.2. The summed E-state index contributed by atoms with van der Waals surface area (Å²) in [6.45, 7) is 0.744. The summed E-state index contributed by atoms with van der Waals surface area (Å²) in [6.07, 6.45) is 1.93. The molecule has 3 aliphatic heterocycles. The Morgan fingerprint density at radius 3 is 2.94 bits per heavy atom. The Kier molecular flexibility index (Phi) is 2.38. The second-order valence-electron chi connectivity index (χ2n) is 4.58. The van der Waals surface area contributed by atoms with Crippen LogP contribution >= 0.6 is 12.2 Å². The van der Waals surface area contributed by atoms with Crippen molar-refractivity contribution in [3.8, 4) is 0 Å². The SMILES string of the molecule is O=S1(=O)CC2NC(=S)N(C3CCCO3)C2C1. The molecule has 90 valence electrons. The Morgan fingerprint density at radius 1 is 1.44 bits per heavy atom. The molecule has 7 heteroatoms. The molecule has 3 fully saturated rings. The Bertz CT molecular complexity index is 416. The fourth-order valence-electron chi connectivity index (χ4n) is 2.75. The quantitative estimate of drug-likeness (QED) is 0.642. The van der Waals surface area contributed by atoms with Crippen LogP contribution in [0.1, 0.15) is 12.8 Å².